The number of hydrogen-bond donors (Lipinski definition) is 1. The van der Waals surface area contributed by atoms with E-state index in [0.717, 1.165) is 24.5 Å². The van der Waals surface area contributed by atoms with Crippen molar-refractivity contribution >= 4 is 5.69 Å². The van der Waals surface area contributed by atoms with Crippen LogP contribution in [-0.2, 0) is 11.3 Å². The molecular formula is C13H18FNO. The van der Waals surface area contributed by atoms with Gasteiger partial charge in [-0.1, -0.05) is 19.3 Å². The quantitative estimate of drug-likeness (QED) is 0.615. The molecule has 0 atom stereocenters. The Morgan fingerprint density at radius 3 is 2.75 bits per heavy atom. The predicted molar refractivity (Wildman–Crippen MR) is 62.4 cm³/mol. The summed E-state index contributed by atoms with van der Waals surface area (Å²) in [5, 5.41) is 0. The highest BCUT2D eigenvalue weighted by Crippen LogP contribution is 2.29. The largest absolute Gasteiger partial charge is 0.399 e. The molecule has 1 aromatic rings. The fourth-order valence-electron chi connectivity index (χ4n) is 1.98. The van der Waals surface area contributed by atoms with Crippen LogP contribution in [0.4, 0.5) is 10.1 Å². The molecule has 2 nitrogen and oxygen atoms in total. The third-order valence-electron chi connectivity index (χ3n) is 3.14. The molecule has 0 radical (unpaired) electrons. The van der Waals surface area contributed by atoms with Gasteiger partial charge in [0, 0.05) is 12.3 Å². The molecule has 2 rings (SSSR count). The van der Waals surface area contributed by atoms with Crippen LogP contribution in [0.3, 0.4) is 0 Å². The molecule has 1 saturated carbocycles. The highest BCUT2D eigenvalue weighted by atomic mass is 19.1. The Balaban J connectivity index is 1.71. The van der Waals surface area contributed by atoms with E-state index >= 15 is 0 Å². The molecule has 0 amide bonds. The van der Waals surface area contributed by atoms with Gasteiger partial charge in [-0.3, -0.25) is 0 Å². The Labute approximate surface area is 95.6 Å². The molecule has 0 spiro atoms. The van der Waals surface area contributed by atoms with Gasteiger partial charge in [0.1, 0.15) is 5.82 Å². The molecule has 1 aliphatic carbocycles. The minimum absolute atomic E-state index is 0.294. The fraction of sp³-hybridized carbons (Fsp3) is 0.538. The maximum Gasteiger partial charge on any atom is 0.125 e. The first-order chi connectivity index (χ1) is 7.74. The van der Waals surface area contributed by atoms with Crippen LogP contribution < -0.4 is 5.73 Å². The number of nitrogen functional groups attached to an aromatic ring is 1. The molecule has 0 saturated heterocycles. The van der Waals surface area contributed by atoms with Crippen LogP contribution in [-0.4, -0.2) is 6.61 Å². The number of benzene rings is 1. The molecule has 0 aromatic heterocycles. The maximum atomic E-state index is 13.0. The molecule has 0 aliphatic heterocycles. The summed E-state index contributed by atoms with van der Waals surface area (Å²) in [6, 6.07) is 4.55. The average molecular weight is 223 g/mol. The number of nitrogens with two attached hydrogens (primary N) is 1. The molecule has 3 heteroatoms. The van der Waals surface area contributed by atoms with Gasteiger partial charge in [0.15, 0.2) is 0 Å². The van der Waals surface area contributed by atoms with Gasteiger partial charge < -0.3 is 10.5 Å². The number of ether oxygens (including phenoxy) is 1. The van der Waals surface area contributed by atoms with Gasteiger partial charge in [-0.2, -0.15) is 0 Å². The third-order valence-corrected chi connectivity index (χ3v) is 3.14. The Morgan fingerprint density at radius 2 is 2.12 bits per heavy atom. The number of rotatable bonds is 5. The monoisotopic (exact) mass is 223 g/mol. The Hall–Kier alpha value is -1.09. The van der Waals surface area contributed by atoms with Crippen LogP contribution in [0, 0.1) is 11.7 Å². The van der Waals surface area contributed by atoms with Gasteiger partial charge in [-0.15, -0.1) is 0 Å². The van der Waals surface area contributed by atoms with Gasteiger partial charge in [-0.05, 0) is 36.1 Å². The Morgan fingerprint density at radius 1 is 1.31 bits per heavy atom. The summed E-state index contributed by atoms with van der Waals surface area (Å²) in [6.07, 6.45) is 5.18. The van der Waals surface area contributed by atoms with E-state index in [1.54, 1.807) is 6.07 Å². The van der Waals surface area contributed by atoms with Crippen molar-refractivity contribution in [2.75, 3.05) is 12.3 Å². The first-order valence-corrected chi connectivity index (χ1v) is 5.87. The summed E-state index contributed by atoms with van der Waals surface area (Å²) >= 11 is 0. The summed E-state index contributed by atoms with van der Waals surface area (Å²) in [6.45, 7) is 1.22. The summed E-state index contributed by atoms with van der Waals surface area (Å²) in [5.74, 6) is 0.565. The van der Waals surface area contributed by atoms with Crippen LogP contribution in [0.1, 0.15) is 31.2 Å². The zero-order valence-electron chi connectivity index (χ0n) is 9.42. The molecule has 0 bridgehead atoms. The normalized spacial score (nSPS) is 16.1. The van der Waals surface area contributed by atoms with Crippen molar-refractivity contribution in [3.63, 3.8) is 0 Å². The number of anilines is 1. The molecule has 1 aromatic carbocycles. The lowest BCUT2D eigenvalue weighted by Gasteiger charge is -2.24. The lowest BCUT2D eigenvalue weighted by Crippen LogP contribution is -2.13. The first kappa shape index (κ1) is 11.4. The second-order valence-electron chi connectivity index (χ2n) is 4.53. The molecule has 2 N–H and O–H groups in total. The third kappa shape index (κ3) is 3.20. The molecular weight excluding hydrogens is 205 g/mol. The van der Waals surface area contributed by atoms with Crippen molar-refractivity contribution in [2.45, 2.75) is 32.3 Å². The van der Waals surface area contributed by atoms with E-state index in [4.69, 9.17) is 10.5 Å². The first-order valence-electron chi connectivity index (χ1n) is 5.87. The van der Waals surface area contributed by atoms with Crippen LogP contribution in [0.25, 0.3) is 0 Å². The van der Waals surface area contributed by atoms with Gasteiger partial charge in [0.05, 0.1) is 6.61 Å². The average Bonchev–Trinajstić information content (AvgIpc) is 2.13. The van der Waals surface area contributed by atoms with Crippen molar-refractivity contribution < 1.29 is 9.13 Å². The lowest BCUT2D eigenvalue weighted by molar-refractivity contribution is 0.0948. The van der Waals surface area contributed by atoms with E-state index in [2.05, 4.69) is 0 Å². The second-order valence-corrected chi connectivity index (χ2v) is 4.53. The van der Waals surface area contributed by atoms with Crippen LogP contribution in [0.2, 0.25) is 0 Å². The molecule has 1 aliphatic rings. The van der Waals surface area contributed by atoms with E-state index < -0.39 is 0 Å². The van der Waals surface area contributed by atoms with E-state index in [1.807, 2.05) is 0 Å². The van der Waals surface area contributed by atoms with Crippen LogP contribution >= 0.6 is 0 Å². The summed E-state index contributed by atoms with van der Waals surface area (Å²) in [5.41, 5.74) is 6.81. The summed E-state index contributed by atoms with van der Waals surface area (Å²) in [4.78, 5) is 0. The van der Waals surface area contributed by atoms with E-state index in [-0.39, 0.29) is 5.82 Å². The Bertz CT molecular complexity index is 330. The lowest BCUT2D eigenvalue weighted by atomic mass is 9.83. The van der Waals surface area contributed by atoms with Crippen molar-refractivity contribution in [2.24, 2.45) is 5.92 Å². The van der Waals surface area contributed by atoms with Crippen LogP contribution in [0.15, 0.2) is 18.2 Å². The topological polar surface area (TPSA) is 35.2 Å². The fourth-order valence-corrected chi connectivity index (χ4v) is 1.98. The summed E-state index contributed by atoms with van der Waals surface area (Å²) < 4.78 is 18.5. The highest BCUT2D eigenvalue weighted by Gasteiger charge is 2.16. The van der Waals surface area contributed by atoms with Crippen molar-refractivity contribution in [3.05, 3.63) is 29.6 Å². The van der Waals surface area contributed by atoms with E-state index in [1.165, 1.54) is 31.4 Å². The smallest absolute Gasteiger partial charge is 0.125 e. The minimum Gasteiger partial charge on any atom is -0.399 e. The van der Waals surface area contributed by atoms with E-state index in [0.29, 0.717) is 12.3 Å². The Kier molecular flexibility index (Phi) is 3.78. The molecule has 88 valence electrons. The molecule has 1 fully saturated rings. The summed E-state index contributed by atoms with van der Waals surface area (Å²) in [7, 11) is 0. The minimum atomic E-state index is -0.294. The predicted octanol–water partition coefficient (Wildman–Crippen LogP) is 3.11. The van der Waals surface area contributed by atoms with Crippen molar-refractivity contribution in [3.8, 4) is 0 Å². The zero-order chi connectivity index (χ0) is 11.4. The van der Waals surface area contributed by atoms with E-state index in [9.17, 15) is 4.39 Å². The van der Waals surface area contributed by atoms with Gasteiger partial charge >= 0.3 is 0 Å². The molecule has 16 heavy (non-hydrogen) atoms. The standard InChI is InChI=1S/C13H18FNO/c14-12-6-11(7-13(15)8-12)9-16-5-4-10-2-1-3-10/h6-8,10H,1-5,9,15H2. The molecule has 0 unspecified atom stereocenters. The van der Waals surface area contributed by atoms with Crippen molar-refractivity contribution in [1.29, 1.82) is 0 Å². The maximum absolute atomic E-state index is 13.0. The molecule has 0 heterocycles. The highest BCUT2D eigenvalue weighted by molar-refractivity contribution is 5.41. The van der Waals surface area contributed by atoms with Crippen molar-refractivity contribution in [1.82, 2.24) is 0 Å². The zero-order valence-corrected chi connectivity index (χ0v) is 9.42. The van der Waals surface area contributed by atoms with Gasteiger partial charge in [-0.25, -0.2) is 4.39 Å². The number of halogens is 1. The second kappa shape index (κ2) is 5.30. The SMILES string of the molecule is Nc1cc(F)cc(COCCC2CCC2)c1. The van der Waals surface area contributed by atoms with Crippen LogP contribution in [0.5, 0.6) is 0 Å². The van der Waals surface area contributed by atoms with Gasteiger partial charge in [0.25, 0.3) is 0 Å². The van der Waals surface area contributed by atoms with Gasteiger partial charge in [0.2, 0.25) is 0 Å². The number of hydrogen-bond acceptors (Lipinski definition) is 2.